The van der Waals surface area contributed by atoms with Crippen molar-refractivity contribution in [2.45, 2.75) is 12.8 Å². The number of hydrogen-bond acceptors (Lipinski definition) is 4. The van der Waals surface area contributed by atoms with Crippen LogP contribution in [0.5, 0.6) is 0 Å². The second-order valence-corrected chi connectivity index (χ2v) is 4.24. The summed E-state index contributed by atoms with van der Waals surface area (Å²) in [6.07, 6.45) is 3.59. The number of carbonyl (C=O) groups excluding carboxylic acids is 1. The molecular weight excluding hydrogens is 216 g/mol. The summed E-state index contributed by atoms with van der Waals surface area (Å²) in [4.78, 5) is 17.7. The third-order valence-electron chi connectivity index (χ3n) is 2.36. The van der Waals surface area contributed by atoms with Crippen LogP contribution < -0.4 is 11.1 Å². The quantitative estimate of drug-likeness (QED) is 0.714. The minimum atomic E-state index is -0.0936. The second kappa shape index (κ2) is 6.85. The minimum absolute atomic E-state index is 0.0936. The van der Waals surface area contributed by atoms with Crippen LogP contribution in [0.25, 0.3) is 0 Å². The summed E-state index contributed by atoms with van der Waals surface area (Å²) in [7, 11) is 4.08. The van der Waals surface area contributed by atoms with Gasteiger partial charge in [-0.25, -0.2) is 4.98 Å². The lowest BCUT2D eigenvalue weighted by atomic mass is 10.2. The number of nitrogens with one attached hydrogen (secondary N) is 1. The van der Waals surface area contributed by atoms with Crippen LogP contribution in [-0.2, 0) is 0 Å². The predicted octanol–water partition coefficient (Wildman–Crippen LogP) is 0.735. The van der Waals surface area contributed by atoms with E-state index in [1.807, 2.05) is 14.1 Å². The van der Waals surface area contributed by atoms with Gasteiger partial charge in [0.15, 0.2) is 0 Å². The third kappa shape index (κ3) is 5.31. The van der Waals surface area contributed by atoms with E-state index < -0.39 is 0 Å². The van der Waals surface area contributed by atoms with Crippen LogP contribution in [0.1, 0.15) is 23.2 Å². The summed E-state index contributed by atoms with van der Waals surface area (Å²) in [5, 5.41) is 2.86. The van der Waals surface area contributed by atoms with Gasteiger partial charge in [0.2, 0.25) is 0 Å². The molecule has 1 heterocycles. The summed E-state index contributed by atoms with van der Waals surface area (Å²) < 4.78 is 0. The van der Waals surface area contributed by atoms with Crippen LogP contribution in [0.4, 0.5) is 5.82 Å². The van der Waals surface area contributed by atoms with E-state index in [0.29, 0.717) is 17.9 Å². The van der Waals surface area contributed by atoms with Crippen molar-refractivity contribution < 1.29 is 4.79 Å². The van der Waals surface area contributed by atoms with Gasteiger partial charge in [0.1, 0.15) is 5.82 Å². The molecule has 0 aliphatic carbocycles. The highest BCUT2D eigenvalue weighted by molar-refractivity contribution is 5.94. The zero-order valence-corrected chi connectivity index (χ0v) is 10.4. The fraction of sp³-hybridized carbons (Fsp3) is 0.500. The maximum absolute atomic E-state index is 11.7. The van der Waals surface area contributed by atoms with E-state index in [0.717, 1.165) is 19.4 Å². The molecule has 5 heteroatoms. The zero-order valence-electron chi connectivity index (χ0n) is 10.4. The third-order valence-corrected chi connectivity index (χ3v) is 2.36. The van der Waals surface area contributed by atoms with Gasteiger partial charge in [0.05, 0.1) is 0 Å². The fourth-order valence-corrected chi connectivity index (χ4v) is 1.45. The maximum Gasteiger partial charge on any atom is 0.251 e. The highest BCUT2D eigenvalue weighted by atomic mass is 16.1. The van der Waals surface area contributed by atoms with Crippen molar-refractivity contribution >= 4 is 11.7 Å². The molecule has 0 spiro atoms. The molecule has 5 nitrogen and oxygen atoms in total. The van der Waals surface area contributed by atoms with E-state index in [2.05, 4.69) is 15.2 Å². The number of rotatable bonds is 6. The number of hydrogen-bond donors (Lipinski definition) is 2. The van der Waals surface area contributed by atoms with E-state index in [1.54, 1.807) is 12.1 Å². The summed E-state index contributed by atoms with van der Waals surface area (Å²) in [5.41, 5.74) is 6.07. The predicted molar refractivity (Wildman–Crippen MR) is 68.8 cm³/mol. The number of nitrogens with zero attached hydrogens (tertiary/aromatic N) is 2. The van der Waals surface area contributed by atoms with Crippen molar-refractivity contribution in [1.29, 1.82) is 0 Å². The van der Waals surface area contributed by atoms with Crippen LogP contribution in [0.2, 0.25) is 0 Å². The summed E-state index contributed by atoms with van der Waals surface area (Å²) in [5.74, 6) is 0.272. The monoisotopic (exact) mass is 236 g/mol. The van der Waals surface area contributed by atoms with Gasteiger partial charge in [-0.3, -0.25) is 4.79 Å². The molecule has 0 fully saturated rings. The molecule has 1 aromatic rings. The van der Waals surface area contributed by atoms with E-state index in [9.17, 15) is 4.79 Å². The van der Waals surface area contributed by atoms with Gasteiger partial charge in [-0.15, -0.1) is 0 Å². The Morgan fingerprint density at radius 2 is 2.24 bits per heavy atom. The topological polar surface area (TPSA) is 71.2 Å². The molecule has 17 heavy (non-hydrogen) atoms. The Labute approximate surface area is 102 Å². The van der Waals surface area contributed by atoms with Crippen LogP contribution in [-0.4, -0.2) is 43.0 Å². The van der Waals surface area contributed by atoms with Gasteiger partial charge in [-0.05, 0) is 45.6 Å². The molecular formula is C12H20N4O. The second-order valence-electron chi connectivity index (χ2n) is 4.24. The number of pyridine rings is 1. The van der Waals surface area contributed by atoms with E-state index in [1.165, 1.54) is 6.20 Å². The highest BCUT2D eigenvalue weighted by Gasteiger charge is 2.04. The van der Waals surface area contributed by atoms with Gasteiger partial charge in [-0.2, -0.15) is 0 Å². The molecule has 0 aliphatic heterocycles. The first-order valence-corrected chi connectivity index (χ1v) is 5.74. The number of amides is 1. The average molecular weight is 236 g/mol. The zero-order chi connectivity index (χ0) is 12.7. The van der Waals surface area contributed by atoms with Crippen molar-refractivity contribution in [3.63, 3.8) is 0 Å². The van der Waals surface area contributed by atoms with E-state index in [-0.39, 0.29) is 5.91 Å². The van der Waals surface area contributed by atoms with Gasteiger partial charge in [-0.1, -0.05) is 0 Å². The Bertz CT molecular complexity index is 365. The van der Waals surface area contributed by atoms with Crippen molar-refractivity contribution in [3.8, 4) is 0 Å². The molecule has 1 rings (SSSR count). The molecule has 0 atom stereocenters. The van der Waals surface area contributed by atoms with Gasteiger partial charge in [0, 0.05) is 18.3 Å². The average Bonchev–Trinajstić information content (AvgIpc) is 2.28. The van der Waals surface area contributed by atoms with Crippen LogP contribution in [0.15, 0.2) is 18.3 Å². The first kappa shape index (κ1) is 13.4. The van der Waals surface area contributed by atoms with Crippen LogP contribution in [0, 0.1) is 0 Å². The molecule has 0 saturated heterocycles. The normalized spacial score (nSPS) is 10.5. The molecule has 0 aliphatic rings. The largest absolute Gasteiger partial charge is 0.384 e. The number of unbranched alkanes of at least 4 members (excludes halogenated alkanes) is 1. The van der Waals surface area contributed by atoms with Crippen LogP contribution >= 0.6 is 0 Å². The van der Waals surface area contributed by atoms with Crippen molar-refractivity contribution in [2.24, 2.45) is 0 Å². The van der Waals surface area contributed by atoms with E-state index >= 15 is 0 Å². The molecule has 94 valence electrons. The molecule has 0 unspecified atom stereocenters. The maximum atomic E-state index is 11.7. The highest BCUT2D eigenvalue weighted by Crippen LogP contribution is 2.02. The SMILES string of the molecule is CN(C)CCCCNC(=O)c1ccnc(N)c1. The number of aromatic nitrogens is 1. The lowest BCUT2D eigenvalue weighted by Gasteiger charge is -2.09. The van der Waals surface area contributed by atoms with Gasteiger partial charge >= 0.3 is 0 Å². The number of nitrogen functional groups attached to an aromatic ring is 1. The molecule has 1 aromatic heterocycles. The summed E-state index contributed by atoms with van der Waals surface area (Å²) in [6.45, 7) is 1.73. The molecule has 0 radical (unpaired) electrons. The molecule has 0 bridgehead atoms. The molecule has 1 amide bonds. The lowest BCUT2D eigenvalue weighted by molar-refractivity contribution is 0.0952. The summed E-state index contributed by atoms with van der Waals surface area (Å²) in [6, 6.07) is 3.24. The summed E-state index contributed by atoms with van der Waals surface area (Å²) >= 11 is 0. The Kier molecular flexibility index (Phi) is 5.42. The van der Waals surface area contributed by atoms with Gasteiger partial charge < -0.3 is 16.0 Å². The van der Waals surface area contributed by atoms with Crippen molar-refractivity contribution in [2.75, 3.05) is 32.9 Å². The molecule has 0 saturated carbocycles. The first-order chi connectivity index (χ1) is 8.09. The number of carbonyl (C=O) groups is 1. The van der Waals surface area contributed by atoms with E-state index in [4.69, 9.17) is 5.73 Å². The molecule has 0 aromatic carbocycles. The molecule has 3 N–H and O–H groups in total. The minimum Gasteiger partial charge on any atom is -0.384 e. The number of nitrogens with two attached hydrogens (primary N) is 1. The Morgan fingerprint density at radius 1 is 1.47 bits per heavy atom. The standard InChI is InChI=1S/C12H20N4O/c1-16(2)8-4-3-6-15-12(17)10-5-7-14-11(13)9-10/h5,7,9H,3-4,6,8H2,1-2H3,(H2,13,14)(H,15,17). The Hall–Kier alpha value is -1.62. The van der Waals surface area contributed by atoms with Crippen molar-refractivity contribution in [3.05, 3.63) is 23.9 Å². The van der Waals surface area contributed by atoms with Gasteiger partial charge in [0.25, 0.3) is 5.91 Å². The van der Waals surface area contributed by atoms with Crippen molar-refractivity contribution in [1.82, 2.24) is 15.2 Å². The smallest absolute Gasteiger partial charge is 0.251 e. The Balaban J connectivity index is 2.26. The Morgan fingerprint density at radius 3 is 2.88 bits per heavy atom. The lowest BCUT2D eigenvalue weighted by Crippen LogP contribution is -2.25. The first-order valence-electron chi connectivity index (χ1n) is 5.74. The van der Waals surface area contributed by atoms with Crippen LogP contribution in [0.3, 0.4) is 0 Å². The fourth-order valence-electron chi connectivity index (χ4n) is 1.45. The number of anilines is 1.